The molecule has 0 aromatic heterocycles. The van der Waals surface area contributed by atoms with E-state index >= 15 is 0 Å². The van der Waals surface area contributed by atoms with E-state index in [-0.39, 0.29) is 5.92 Å². The Bertz CT molecular complexity index is 156. The summed E-state index contributed by atoms with van der Waals surface area (Å²) in [6.07, 6.45) is 4.16. The first-order valence-corrected chi connectivity index (χ1v) is 5.06. The van der Waals surface area contributed by atoms with Crippen molar-refractivity contribution in [2.24, 2.45) is 11.3 Å². The van der Waals surface area contributed by atoms with Crippen LogP contribution in [0.2, 0.25) is 0 Å². The zero-order valence-electron chi connectivity index (χ0n) is 9.26. The lowest BCUT2D eigenvalue weighted by Gasteiger charge is -2.17. The maximum Gasteiger partial charge on any atom is 0.306 e. The van der Waals surface area contributed by atoms with Gasteiger partial charge in [-0.2, -0.15) is 0 Å². The van der Waals surface area contributed by atoms with Gasteiger partial charge < -0.3 is 5.11 Å². The Labute approximate surface area is 81.3 Å². The van der Waals surface area contributed by atoms with Crippen molar-refractivity contribution in [2.45, 2.75) is 53.4 Å². The lowest BCUT2D eigenvalue weighted by Crippen LogP contribution is -2.10. The van der Waals surface area contributed by atoms with Gasteiger partial charge in [0.2, 0.25) is 0 Å². The Morgan fingerprint density at radius 2 is 1.85 bits per heavy atom. The third kappa shape index (κ3) is 7.82. The first kappa shape index (κ1) is 12.5. The Morgan fingerprint density at radius 1 is 1.31 bits per heavy atom. The summed E-state index contributed by atoms with van der Waals surface area (Å²) in [5.41, 5.74) is 0.381. The summed E-state index contributed by atoms with van der Waals surface area (Å²) in [7, 11) is 0. The first-order valence-electron chi connectivity index (χ1n) is 5.06. The Hall–Kier alpha value is -0.530. The van der Waals surface area contributed by atoms with E-state index in [2.05, 4.69) is 20.8 Å². The molecule has 0 aliphatic heterocycles. The predicted octanol–water partition coefficient (Wildman–Crippen LogP) is 3.31. The second kappa shape index (κ2) is 5.25. The Balaban J connectivity index is 3.41. The molecule has 0 fully saturated rings. The smallest absolute Gasteiger partial charge is 0.306 e. The molecule has 0 amide bonds. The summed E-state index contributed by atoms with van der Waals surface area (Å²) < 4.78 is 0. The van der Waals surface area contributed by atoms with Crippen molar-refractivity contribution >= 4 is 5.97 Å². The number of unbranched alkanes of at least 4 members (excludes halogenated alkanes) is 1. The highest BCUT2D eigenvalue weighted by Gasteiger charge is 2.12. The SMILES string of the molecule is CC(CCCCC(C)(C)C)C(=O)O. The van der Waals surface area contributed by atoms with Crippen LogP contribution < -0.4 is 0 Å². The average Bonchev–Trinajstić information content (AvgIpc) is 1.95. The Morgan fingerprint density at radius 3 is 2.23 bits per heavy atom. The quantitative estimate of drug-likeness (QED) is 0.669. The summed E-state index contributed by atoms with van der Waals surface area (Å²) in [4.78, 5) is 10.5. The molecular formula is C11H22O2. The third-order valence-corrected chi connectivity index (χ3v) is 2.24. The minimum atomic E-state index is -0.671. The Kier molecular flexibility index (Phi) is 5.04. The van der Waals surface area contributed by atoms with E-state index in [1.54, 1.807) is 6.92 Å². The van der Waals surface area contributed by atoms with E-state index in [1.807, 2.05) is 0 Å². The largest absolute Gasteiger partial charge is 0.481 e. The summed E-state index contributed by atoms with van der Waals surface area (Å²) >= 11 is 0. The van der Waals surface area contributed by atoms with Crippen LogP contribution in [0.5, 0.6) is 0 Å². The summed E-state index contributed by atoms with van der Waals surface area (Å²) in [6, 6.07) is 0. The number of hydrogen-bond acceptors (Lipinski definition) is 1. The summed E-state index contributed by atoms with van der Waals surface area (Å²) in [5.74, 6) is -0.851. The van der Waals surface area contributed by atoms with Crippen LogP contribution in [0.1, 0.15) is 53.4 Å². The van der Waals surface area contributed by atoms with Crippen LogP contribution in [-0.2, 0) is 4.79 Å². The molecule has 2 nitrogen and oxygen atoms in total. The van der Waals surface area contributed by atoms with Crippen molar-refractivity contribution in [2.75, 3.05) is 0 Å². The minimum absolute atomic E-state index is 0.181. The summed E-state index contributed by atoms with van der Waals surface area (Å²) in [6.45, 7) is 8.42. The standard InChI is InChI=1S/C11H22O2/c1-9(10(12)13)7-5-6-8-11(2,3)4/h9H,5-8H2,1-4H3,(H,12,13). The number of carboxylic acid groups (broad SMARTS) is 1. The van der Waals surface area contributed by atoms with Crippen molar-refractivity contribution in [1.29, 1.82) is 0 Å². The van der Waals surface area contributed by atoms with Crippen molar-refractivity contribution in [3.63, 3.8) is 0 Å². The third-order valence-electron chi connectivity index (χ3n) is 2.24. The molecule has 0 radical (unpaired) electrons. The molecule has 0 spiro atoms. The zero-order chi connectivity index (χ0) is 10.5. The van der Waals surface area contributed by atoms with E-state index in [1.165, 1.54) is 6.42 Å². The number of carboxylic acids is 1. The molecule has 0 aliphatic carbocycles. The van der Waals surface area contributed by atoms with Gasteiger partial charge in [-0.05, 0) is 18.3 Å². The molecule has 0 saturated carbocycles. The molecule has 0 heterocycles. The van der Waals surface area contributed by atoms with Gasteiger partial charge in [0.25, 0.3) is 0 Å². The average molecular weight is 186 g/mol. The molecule has 13 heavy (non-hydrogen) atoms. The molecule has 0 saturated heterocycles. The lowest BCUT2D eigenvalue weighted by atomic mass is 9.89. The maximum absolute atomic E-state index is 10.5. The fourth-order valence-electron chi connectivity index (χ4n) is 1.23. The molecule has 78 valence electrons. The topological polar surface area (TPSA) is 37.3 Å². The monoisotopic (exact) mass is 186 g/mol. The number of aliphatic carboxylic acids is 1. The van der Waals surface area contributed by atoms with Crippen LogP contribution in [0.3, 0.4) is 0 Å². The van der Waals surface area contributed by atoms with Crippen LogP contribution in [0.25, 0.3) is 0 Å². The van der Waals surface area contributed by atoms with Gasteiger partial charge in [-0.3, -0.25) is 4.79 Å². The zero-order valence-corrected chi connectivity index (χ0v) is 9.26. The van der Waals surface area contributed by atoms with E-state index in [0.29, 0.717) is 5.41 Å². The molecule has 0 aliphatic rings. The van der Waals surface area contributed by atoms with Gasteiger partial charge >= 0.3 is 5.97 Å². The molecule has 1 atom stereocenters. The van der Waals surface area contributed by atoms with Crippen molar-refractivity contribution in [3.8, 4) is 0 Å². The maximum atomic E-state index is 10.5. The van der Waals surface area contributed by atoms with Gasteiger partial charge in [-0.15, -0.1) is 0 Å². The normalized spacial score (nSPS) is 14.2. The number of hydrogen-bond donors (Lipinski definition) is 1. The minimum Gasteiger partial charge on any atom is -0.481 e. The van der Waals surface area contributed by atoms with Gasteiger partial charge in [0.05, 0.1) is 5.92 Å². The van der Waals surface area contributed by atoms with Gasteiger partial charge in [0.1, 0.15) is 0 Å². The van der Waals surface area contributed by atoms with E-state index in [0.717, 1.165) is 19.3 Å². The van der Waals surface area contributed by atoms with Crippen LogP contribution in [-0.4, -0.2) is 11.1 Å². The van der Waals surface area contributed by atoms with Gasteiger partial charge in [-0.1, -0.05) is 40.5 Å². The number of rotatable bonds is 5. The second-order valence-corrected chi connectivity index (χ2v) is 5.05. The molecular weight excluding hydrogens is 164 g/mol. The van der Waals surface area contributed by atoms with Crippen LogP contribution in [0, 0.1) is 11.3 Å². The highest BCUT2D eigenvalue weighted by Crippen LogP contribution is 2.22. The molecule has 0 rings (SSSR count). The van der Waals surface area contributed by atoms with Crippen LogP contribution >= 0.6 is 0 Å². The number of carbonyl (C=O) groups is 1. The predicted molar refractivity (Wildman–Crippen MR) is 54.7 cm³/mol. The van der Waals surface area contributed by atoms with Crippen LogP contribution in [0.15, 0.2) is 0 Å². The van der Waals surface area contributed by atoms with Crippen LogP contribution in [0.4, 0.5) is 0 Å². The molecule has 0 aromatic rings. The fraction of sp³-hybridized carbons (Fsp3) is 0.909. The van der Waals surface area contributed by atoms with Crippen molar-refractivity contribution < 1.29 is 9.90 Å². The molecule has 0 aromatic carbocycles. The van der Waals surface area contributed by atoms with Crippen molar-refractivity contribution in [1.82, 2.24) is 0 Å². The fourth-order valence-corrected chi connectivity index (χ4v) is 1.23. The van der Waals surface area contributed by atoms with Gasteiger partial charge in [0, 0.05) is 0 Å². The van der Waals surface area contributed by atoms with Gasteiger partial charge in [-0.25, -0.2) is 0 Å². The summed E-state index contributed by atoms with van der Waals surface area (Å²) in [5, 5.41) is 8.64. The lowest BCUT2D eigenvalue weighted by molar-refractivity contribution is -0.141. The second-order valence-electron chi connectivity index (χ2n) is 5.05. The highest BCUT2D eigenvalue weighted by atomic mass is 16.4. The first-order chi connectivity index (χ1) is 5.83. The van der Waals surface area contributed by atoms with Crippen molar-refractivity contribution in [3.05, 3.63) is 0 Å². The van der Waals surface area contributed by atoms with Gasteiger partial charge in [0.15, 0.2) is 0 Å². The van der Waals surface area contributed by atoms with E-state index < -0.39 is 5.97 Å². The molecule has 1 N–H and O–H groups in total. The highest BCUT2D eigenvalue weighted by molar-refractivity contribution is 5.69. The molecule has 1 unspecified atom stereocenters. The van der Waals surface area contributed by atoms with E-state index in [9.17, 15) is 4.79 Å². The molecule has 2 heteroatoms. The van der Waals surface area contributed by atoms with E-state index in [4.69, 9.17) is 5.11 Å². The molecule has 0 bridgehead atoms.